The second kappa shape index (κ2) is 11.3. The molecule has 0 spiro atoms. The lowest BCUT2D eigenvalue weighted by atomic mass is 10.1. The molecule has 0 atom stereocenters. The van der Waals surface area contributed by atoms with Crippen molar-refractivity contribution in [3.63, 3.8) is 0 Å². The summed E-state index contributed by atoms with van der Waals surface area (Å²) in [6.45, 7) is 4.73. The van der Waals surface area contributed by atoms with Crippen LogP contribution in [0.5, 0.6) is 0 Å². The summed E-state index contributed by atoms with van der Waals surface area (Å²) in [5.41, 5.74) is 0.169. The molecule has 0 aliphatic rings. The molecule has 0 amide bonds. The third-order valence-corrected chi connectivity index (χ3v) is 4.18. The SMILES string of the molecule is CCCCCOC(=O)c1cc(Cl)c(Cl)cc1C(=O)OCCCCC. The predicted octanol–water partition coefficient (Wildman–Crippen LogP) is 5.69. The van der Waals surface area contributed by atoms with E-state index in [1.54, 1.807) is 0 Å². The Hall–Kier alpha value is -1.26. The molecule has 0 bridgehead atoms. The van der Waals surface area contributed by atoms with E-state index in [0.29, 0.717) is 13.2 Å². The van der Waals surface area contributed by atoms with E-state index in [0.717, 1.165) is 38.5 Å². The van der Waals surface area contributed by atoms with Gasteiger partial charge in [-0.25, -0.2) is 9.59 Å². The Balaban J connectivity index is 2.83. The van der Waals surface area contributed by atoms with E-state index >= 15 is 0 Å². The molecule has 1 aromatic rings. The average Bonchev–Trinajstić information content (AvgIpc) is 2.57. The van der Waals surface area contributed by atoms with Crippen LogP contribution in [0.2, 0.25) is 10.0 Å². The third-order valence-electron chi connectivity index (χ3n) is 3.46. The fraction of sp³-hybridized carbons (Fsp3) is 0.556. The lowest BCUT2D eigenvalue weighted by Gasteiger charge is -2.11. The minimum Gasteiger partial charge on any atom is -0.462 e. The van der Waals surface area contributed by atoms with Crippen LogP contribution in [0, 0.1) is 0 Å². The maximum Gasteiger partial charge on any atom is 0.339 e. The van der Waals surface area contributed by atoms with E-state index in [1.165, 1.54) is 12.1 Å². The third kappa shape index (κ3) is 6.70. The van der Waals surface area contributed by atoms with Crippen LogP contribution < -0.4 is 0 Å². The first kappa shape index (κ1) is 20.8. The highest BCUT2D eigenvalue weighted by atomic mass is 35.5. The van der Waals surface area contributed by atoms with Gasteiger partial charge in [0, 0.05) is 0 Å². The van der Waals surface area contributed by atoms with Crippen molar-refractivity contribution < 1.29 is 19.1 Å². The van der Waals surface area contributed by atoms with Gasteiger partial charge in [0.05, 0.1) is 34.4 Å². The molecule has 0 saturated heterocycles. The molecular weight excluding hydrogens is 351 g/mol. The van der Waals surface area contributed by atoms with E-state index in [9.17, 15) is 9.59 Å². The molecule has 0 aliphatic carbocycles. The van der Waals surface area contributed by atoms with Crippen molar-refractivity contribution in [1.82, 2.24) is 0 Å². The van der Waals surface area contributed by atoms with Gasteiger partial charge in [0.15, 0.2) is 0 Å². The normalized spacial score (nSPS) is 10.5. The van der Waals surface area contributed by atoms with Crippen molar-refractivity contribution in [2.24, 2.45) is 0 Å². The van der Waals surface area contributed by atoms with Crippen LogP contribution in [-0.4, -0.2) is 25.2 Å². The van der Waals surface area contributed by atoms with Crippen molar-refractivity contribution in [3.8, 4) is 0 Å². The number of hydrogen-bond donors (Lipinski definition) is 0. The molecule has 0 N–H and O–H groups in total. The number of rotatable bonds is 10. The summed E-state index contributed by atoms with van der Waals surface area (Å²) >= 11 is 11.9. The van der Waals surface area contributed by atoms with Gasteiger partial charge in [-0.05, 0) is 25.0 Å². The van der Waals surface area contributed by atoms with Crippen LogP contribution in [0.25, 0.3) is 0 Å². The minimum atomic E-state index is -0.592. The molecule has 0 radical (unpaired) electrons. The number of carbonyl (C=O) groups excluding carboxylic acids is 2. The zero-order chi connectivity index (χ0) is 17.9. The van der Waals surface area contributed by atoms with Gasteiger partial charge in [0.2, 0.25) is 0 Å². The van der Waals surface area contributed by atoms with Crippen LogP contribution in [0.15, 0.2) is 12.1 Å². The monoisotopic (exact) mass is 374 g/mol. The molecule has 134 valence electrons. The van der Waals surface area contributed by atoms with Gasteiger partial charge in [0.1, 0.15) is 0 Å². The van der Waals surface area contributed by atoms with Crippen LogP contribution in [0.1, 0.15) is 73.1 Å². The Kier molecular flexibility index (Phi) is 9.80. The smallest absolute Gasteiger partial charge is 0.339 e. The fourth-order valence-electron chi connectivity index (χ4n) is 2.07. The Morgan fingerprint density at radius 3 is 1.50 bits per heavy atom. The predicted molar refractivity (Wildman–Crippen MR) is 96.1 cm³/mol. The summed E-state index contributed by atoms with van der Waals surface area (Å²) < 4.78 is 10.4. The molecule has 0 unspecified atom stereocenters. The molecule has 1 aromatic carbocycles. The Morgan fingerprint density at radius 2 is 1.17 bits per heavy atom. The zero-order valence-electron chi connectivity index (χ0n) is 14.2. The minimum absolute atomic E-state index is 0.0846. The van der Waals surface area contributed by atoms with Gasteiger partial charge in [0.25, 0.3) is 0 Å². The lowest BCUT2D eigenvalue weighted by Crippen LogP contribution is -2.15. The van der Waals surface area contributed by atoms with E-state index in [2.05, 4.69) is 13.8 Å². The number of ether oxygens (including phenoxy) is 2. The standard InChI is InChI=1S/C18H24Cl2O4/c1-3-5-7-9-23-17(21)13-11-15(19)16(20)12-14(13)18(22)24-10-8-6-4-2/h11-12H,3-10H2,1-2H3. The average molecular weight is 375 g/mol. The van der Waals surface area contributed by atoms with E-state index in [4.69, 9.17) is 32.7 Å². The number of unbranched alkanes of at least 4 members (excludes halogenated alkanes) is 4. The molecule has 0 saturated carbocycles. The van der Waals surface area contributed by atoms with Crippen molar-refractivity contribution in [2.45, 2.75) is 52.4 Å². The summed E-state index contributed by atoms with van der Waals surface area (Å²) in [7, 11) is 0. The summed E-state index contributed by atoms with van der Waals surface area (Å²) in [5, 5.41) is 0.388. The number of benzene rings is 1. The van der Waals surface area contributed by atoms with Gasteiger partial charge in [-0.3, -0.25) is 0 Å². The highest BCUT2D eigenvalue weighted by Crippen LogP contribution is 2.27. The molecule has 6 heteroatoms. The second-order valence-corrected chi connectivity index (χ2v) is 6.31. The molecule has 1 rings (SSSR count). The Labute approximate surface area is 153 Å². The van der Waals surface area contributed by atoms with Crippen LogP contribution >= 0.6 is 23.2 Å². The van der Waals surface area contributed by atoms with E-state index in [1.807, 2.05) is 0 Å². The molecule has 0 heterocycles. The largest absolute Gasteiger partial charge is 0.462 e. The van der Waals surface area contributed by atoms with Gasteiger partial charge in [-0.15, -0.1) is 0 Å². The number of esters is 2. The summed E-state index contributed by atoms with van der Waals surface area (Å²) in [5.74, 6) is -1.18. The zero-order valence-corrected chi connectivity index (χ0v) is 15.7. The molecular formula is C18H24Cl2O4. The van der Waals surface area contributed by atoms with Crippen LogP contribution in [0.3, 0.4) is 0 Å². The van der Waals surface area contributed by atoms with Crippen molar-refractivity contribution in [1.29, 1.82) is 0 Å². The molecule has 0 fully saturated rings. The molecule has 0 aromatic heterocycles. The summed E-state index contributed by atoms with van der Waals surface area (Å²) in [6, 6.07) is 2.71. The highest BCUT2D eigenvalue weighted by molar-refractivity contribution is 6.42. The van der Waals surface area contributed by atoms with Gasteiger partial charge < -0.3 is 9.47 Å². The first-order valence-electron chi connectivity index (χ1n) is 8.34. The van der Waals surface area contributed by atoms with Crippen molar-refractivity contribution >= 4 is 35.1 Å². The van der Waals surface area contributed by atoms with Crippen LogP contribution in [0.4, 0.5) is 0 Å². The first-order chi connectivity index (χ1) is 11.5. The lowest BCUT2D eigenvalue weighted by molar-refractivity contribution is 0.0451. The van der Waals surface area contributed by atoms with Crippen molar-refractivity contribution in [3.05, 3.63) is 33.3 Å². The van der Waals surface area contributed by atoms with Gasteiger partial charge >= 0.3 is 11.9 Å². The fourth-order valence-corrected chi connectivity index (χ4v) is 2.40. The van der Waals surface area contributed by atoms with E-state index < -0.39 is 11.9 Å². The second-order valence-electron chi connectivity index (χ2n) is 5.50. The van der Waals surface area contributed by atoms with Gasteiger partial charge in [-0.1, -0.05) is 62.7 Å². The number of hydrogen-bond acceptors (Lipinski definition) is 4. The highest BCUT2D eigenvalue weighted by Gasteiger charge is 2.22. The topological polar surface area (TPSA) is 52.6 Å². The van der Waals surface area contributed by atoms with Crippen LogP contribution in [-0.2, 0) is 9.47 Å². The maximum absolute atomic E-state index is 12.2. The first-order valence-corrected chi connectivity index (χ1v) is 9.10. The maximum atomic E-state index is 12.2. The molecule has 0 aliphatic heterocycles. The number of carbonyl (C=O) groups is 2. The van der Waals surface area contributed by atoms with Gasteiger partial charge in [-0.2, -0.15) is 0 Å². The van der Waals surface area contributed by atoms with E-state index in [-0.39, 0.29) is 21.2 Å². The molecule has 24 heavy (non-hydrogen) atoms. The Bertz CT molecular complexity index is 509. The number of halogens is 2. The quantitative estimate of drug-likeness (QED) is 0.390. The summed E-state index contributed by atoms with van der Waals surface area (Å²) in [4.78, 5) is 24.5. The molecule has 4 nitrogen and oxygen atoms in total. The summed E-state index contributed by atoms with van der Waals surface area (Å²) in [6.07, 6.45) is 5.56. The Morgan fingerprint density at radius 1 is 0.792 bits per heavy atom. The van der Waals surface area contributed by atoms with Crippen molar-refractivity contribution in [2.75, 3.05) is 13.2 Å².